The number of fused-ring (bicyclic) bond motifs is 1. The molecule has 3 nitrogen and oxygen atoms in total. The topological polar surface area (TPSA) is 38.7 Å². The summed E-state index contributed by atoms with van der Waals surface area (Å²) in [6, 6.07) is 3.82. The van der Waals surface area contributed by atoms with Gasteiger partial charge in [-0.3, -0.25) is 0 Å². The Kier molecular flexibility index (Phi) is 2.46. The molecule has 0 unspecified atom stereocenters. The van der Waals surface area contributed by atoms with Crippen molar-refractivity contribution < 1.29 is 0 Å². The number of hydrogen-bond acceptors (Lipinski definition) is 4. The second kappa shape index (κ2) is 3.59. The monoisotopic (exact) mass is 255 g/mol. The SMILES string of the molecule is CSc1ncc2ccc(Br)nc2n1. The van der Waals surface area contributed by atoms with E-state index in [0.717, 1.165) is 20.8 Å². The lowest BCUT2D eigenvalue weighted by Crippen LogP contribution is -1.89. The van der Waals surface area contributed by atoms with Gasteiger partial charge in [0.1, 0.15) is 4.60 Å². The zero-order valence-electron chi connectivity index (χ0n) is 6.86. The second-order valence-corrected chi connectivity index (χ2v) is 3.99. The second-order valence-electron chi connectivity index (χ2n) is 2.40. The van der Waals surface area contributed by atoms with E-state index < -0.39 is 0 Å². The van der Waals surface area contributed by atoms with Crippen LogP contribution in [0.4, 0.5) is 0 Å². The van der Waals surface area contributed by atoms with Crippen molar-refractivity contribution in [2.24, 2.45) is 0 Å². The van der Waals surface area contributed by atoms with Crippen LogP contribution in [0, 0.1) is 0 Å². The average molecular weight is 256 g/mol. The summed E-state index contributed by atoms with van der Waals surface area (Å²) in [4.78, 5) is 12.7. The summed E-state index contributed by atoms with van der Waals surface area (Å²) in [5.41, 5.74) is 0.730. The molecule has 2 rings (SSSR count). The van der Waals surface area contributed by atoms with Crippen LogP contribution < -0.4 is 0 Å². The molecule has 0 bridgehead atoms. The third-order valence-corrected chi connectivity index (χ3v) is 2.57. The fourth-order valence-electron chi connectivity index (χ4n) is 0.969. The molecule has 0 radical (unpaired) electrons. The third-order valence-electron chi connectivity index (χ3n) is 1.57. The van der Waals surface area contributed by atoms with Crippen molar-refractivity contribution in [1.82, 2.24) is 15.0 Å². The quantitative estimate of drug-likeness (QED) is 0.446. The van der Waals surface area contributed by atoms with E-state index in [0.29, 0.717) is 0 Å². The van der Waals surface area contributed by atoms with Crippen LogP contribution in [0.15, 0.2) is 28.1 Å². The zero-order valence-corrected chi connectivity index (χ0v) is 9.26. The Morgan fingerprint density at radius 3 is 2.92 bits per heavy atom. The van der Waals surface area contributed by atoms with Gasteiger partial charge in [0.2, 0.25) is 0 Å². The number of thioether (sulfide) groups is 1. The summed E-state index contributed by atoms with van der Waals surface area (Å²) in [6.07, 6.45) is 3.73. The van der Waals surface area contributed by atoms with Gasteiger partial charge in [-0.05, 0) is 34.3 Å². The number of aromatic nitrogens is 3. The highest BCUT2D eigenvalue weighted by Crippen LogP contribution is 2.15. The summed E-state index contributed by atoms with van der Waals surface area (Å²) in [5.74, 6) is 0. The fraction of sp³-hybridized carbons (Fsp3) is 0.125. The maximum atomic E-state index is 4.27. The average Bonchev–Trinajstić information content (AvgIpc) is 2.16. The Bertz CT molecular complexity index is 446. The molecule has 66 valence electrons. The van der Waals surface area contributed by atoms with Crippen LogP contribution in [0.5, 0.6) is 0 Å². The molecule has 0 N–H and O–H groups in total. The van der Waals surface area contributed by atoms with Crippen LogP contribution in [0.2, 0.25) is 0 Å². The molecule has 5 heteroatoms. The Morgan fingerprint density at radius 2 is 2.15 bits per heavy atom. The van der Waals surface area contributed by atoms with Gasteiger partial charge in [0.05, 0.1) is 0 Å². The van der Waals surface area contributed by atoms with E-state index in [9.17, 15) is 0 Å². The molecule has 0 fully saturated rings. The standard InChI is InChI=1S/C8H6BrN3S/c1-13-8-10-4-5-2-3-6(9)11-7(5)12-8/h2-4H,1H3. The van der Waals surface area contributed by atoms with Crippen LogP contribution in [-0.4, -0.2) is 21.2 Å². The summed E-state index contributed by atoms with van der Waals surface area (Å²) in [7, 11) is 0. The molecule has 0 aliphatic carbocycles. The highest BCUT2D eigenvalue weighted by molar-refractivity contribution is 9.10. The number of pyridine rings is 1. The van der Waals surface area contributed by atoms with Gasteiger partial charge in [-0.25, -0.2) is 15.0 Å². The Balaban J connectivity index is 2.68. The third kappa shape index (κ3) is 1.81. The lowest BCUT2D eigenvalue weighted by molar-refractivity contribution is 0.990. The molecule has 0 aromatic carbocycles. The van der Waals surface area contributed by atoms with Crippen LogP contribution >= 0.6 is 27.7 Å². The molecule has 2 aromatic heterocycles. The Hall–Kier alpha value is -0.680. The first-order valence-corrected chi connectivity index (χ1v) is 5.64. The lowest BCUT2D eigenvalue weighted by atomic mass is 10.3. The van der Waals surface area contributed by atoms with Gasteiger partial charge in [-0.1, -0.05) is 11.8 Å². The molecule has 0 aliphatic rings. The summed E-state index contributed by atoms with van der Waals surface area (Å²) >= 11 is 4.81. The van der Waals surface area contributed by atoms with E-state index in [1.807, 2.05) is 18.4 Å². The zero-order chi connectivity index (χ0) is 9.26. The maximum Gasteiger partial charge on any atom is 0.189 e. The van der Waals surface area contributed by atoms with Gasteiger partial charge in [0.15, 0.2) is 10.8 Å². The van der Waals surface area contributed by atoms with Crippen molar-refractivity contribution in [3.63, 3.8) is 0 Å². The van der Waals surface area contributed by atoms with Gasteiger partial charge in [-0.2, -0.15) is 0 Å². The maximum absolute atomic E-state index is 4.27. The summed E-state index contributed by atoms with van der Waals surface area (Å²) in [5, 5.41) is 1.71. The van der Waals surface area contributed by atoms with E-state index in [1.54, 1.807) is 6.20 Å². The minimum atomic E-state index is 0.730. The van der Waals surface area contributed by atoms with E-state index in [-0.39, 0.29) is 0 Å². The van der Waals surface area contributed by atoms with Crippen molar-refractivity contribution >= 4 is 38.7 Å². The van der Waals surface area contributed by atoms with Gasteiger partial charge in [0, 0.05) is 11.6 Å². The summed E-state index contributed by atoms with van der Waals surface area (Å²) in [6.45, 7) is 0. The molecular weight excluding hydrogens is 250 g/mol. The number of halogens is 1. The molecule has 0 saturated carbocycles. The first-order chi connectivity index (χ1) is 6.29. The van der Waals surface area contributed by atoms with Gasteiger partial charge in [0.25, 0.3) is 0 Å². The van der Waals surface area contributed by atoms with Crippen LogP contribution in [0.25, 0.3) is 11.0 Å². The van der Waals surface area contributed by atoms with Crippen LogP contribution in [0.1, 0.15) is 0 Å². The lowest BCUT2D eigenvalue weighted by Gasteiger charge is -1.98. The molecule has 2 heterocycles. The molecular formula is C8H6BrN3S. The molecule has 0 aliphatic heterocycles. The number of nitrogens with zero attached hydrogens (tertiary/aromatic N) is 3. The number of rotatable bonds is 1. The molecule has 0 atom stereocenters. The van der Waals surface area contributed by atoms with E-state index in [4.69, 9.17) is 0 Å². The van der Waals surface area contributed by atoms with Crippen molar-refractivity contribution in [2.45, 2.75) is 5.16 Å². The minimum Gasteiger partial charge on any atom is -0.230 e. The van der Waals surface area contributed by atoms with Crippen LogP contribution in [-0.2, 0) is 0 Å². The van der Waals surface area contributed by atoms with E-state index in [1.165, 1.54) is 11.8 Å². The van der Waals surface area contributed by atoms with Crippen molar-refractivity contribution in [1.29, 1.82) is 0 Å². The minimum absolute atomic E-state index is 0.730. The Morgan fingerprint density at radius 1 is 1.31 bits per heavy atom. The predicted octanol–water partition coefficient (Wildman–Crippen LogP) is 2.51. The molecule has 2 aromatic rings. The van der Waals surface area contributed by atoms with Gasteiger partial charge < -0.3 is 0 Å². The summed E-state index contributed by atoms with van der Waals surface area (Å²) < 4.78 is 0.797. The van der Waals surface area contributed by atoms with Crippen molar-refractivity contribution in [2.75, 3.05) is 6.26 Å². The Labute approximate surface area is 88.1 Å². The molecule has 13 heavy (non-hydrogen) atoms. The highest BCUT2D eigenvalue weighted by Gasteiger charge is 1.99. The van der Waals surface area contributed by atoms with Crippen molar-refractivity contribution in [3.05, 3.63) is 22.9 Å². The number of hydrogen-bond donors (Lipinski definition) is 0. The predicted molar refractivity (Wildman–Crippen MR) is 56.8 cm³/mol. The van der Waals surface area contributed by atoms with Crippen LogP contribution in [0.3, 0.4) is 0 Å². The fourth-order valence-corrected chi connectivity index (χ4v) is 1.60. The molecule has 0 spiro atoms. The molecule has 0 saturated heterocycles. The smallest absolute Gasteiger partial charge is 0.189 e. The normalized spacial score (nSPS) is 10.6. The van der Waals surface area contributed by atoms with E-state index in [2.05, 4.69) is 30.9 Å². The first-order valence-electron chi connectivity index (χ1n) is 3.63. The van der Waals surface area contributed by atoms with Gasteiger partial charge >= 0.3 is 0 Å². The molecule has 0 amide bonds. The first kappa shape index (κ1) is 8.90. The van der Waals surface area contributed by atoms with E-state index >= 15 is 0 Å². The van der Waals surface area contributed by atoms with Gasteiger partial charge in [-0.15, -0.1) is 0 Å². The highest BCUT2D eigenvalue weighted by atomic mass is 79.9. The van der Waals surface area contributed by atoms with Crippen molar-refractivity contribution in [3.8, 4) is 0 Å². The largest absolute Gasteiger partial charge is 0.230 e.